The smallest absolute Gasteiger partial charge is 0.322 e. The number of allylic oxidation sites excluding steroid dienone is 4. The molecule has 0 aromatic carbocycles. The Bertz CT molecular complexity index is 418. The Morgan fingerprint density at radius 1 is 1.26 bits per heavy atom. The summed E-state index contributed by atoms with van der Waals surface area (Å²) in [5.41, 5.74) is -0.625. The zero-order chi connectivity index (χ0) is 13.9. The highest BCUT2D eigenvalue weighted by Crippen LogP contribution is 2.37. The Morgan fingerprint density at radius 3 is 2.47 bits per heavy atom. The van der Waals surface area contributed by atoms with Gasteiger partial charge in [-0.3, -0.25) is 10.1 Å². The summed E-state index contributed by atoms with van der Waals surface area (Å²) in [4.78, 5) is 23.1. The average Bonchev–Trinajstić information content (AvgIpc) is 2.65. The second-order valence-electron chi connectivity index (χ2n) is 5.60. The highest BCUT2D eigenvalue weighted by Gasteiger charge is 2.48. The van der Waals surface area contributed by atoms with Gasteiger partial charge in [0.05, 0.1) is 0 Å². The third-order valence-corrected chi connectivity index (χ3v) is 4.36. The second-order valence-corrected chi connectivity index (χ2v) is 5.60. The molecule has 1 saturated carbocycles. The number of imide groups is 1. The van der Waals surface area contributed by atoms with Gasteiger partial charge in [-0.1, -0.05) is 31.2 Å². The summed E-state index contributed by atoms with van der Waals surface area (Å²) >= 11 is 0. The van der Waals surface area contributed by atoms with Crippen LogP contribution in [0.5, 0.6) is 0 Å². The molecule has 19 heavy (non-hydrogen) atoms. The number of hydrogen-bond donors (Lipinski definition) is 2. The molecule has 2 aliphatic rings. The van der Waals surface area contributed by atoms with E-state index in [1.807, 2.05) is 19.1 Å². The van der Waals surface area contributed by atoms with Gasteiger partial charge in [0, 0.05) is 0 Å². The maximum atomic E-state index is 11.8. The van der Waals surface area contributed by atoms with Crippen LogP contribution in [0.1, 0.15) is 39.5 Å². The molecule has 1 spiro atoms. The first kappa shape index (κ1) is 13.8. The summed E-state index contributed by atoms with van der Waals surface area (Å²) < 4.78 is 0. The van der Waals surface area contributed by atoms with Crippen LogP contribution in [-0.4, -0.2) is 17.5 Å². The maximum Gasteiger partial charge on any atom is 0.322 e. The SMILES string of the molecule is C/C=C\C=C/C(C)C1CCC2(CC1)NC(=O)NC2=O. The van der Waals surface area contributed by atoms with Crippen molar-refractivity contribution in [3.8, 4) is 0 Å². The molecule has 1 aliphatic heterocycles. The molecule has 1 heterocycles. The maximum absolute atomic E-state index is 11.8. The third kappa shape index (κ3) is 2.88. The average molecular weight is 262 g/mol. The Balaban J connectivity index is 1.92. The van der Waals surface area contributed by atoms with E-state index in [0.29, 0.717) is 11.8 Å². The zero-order valence-electron chi connectivity index (χ0n) is 11.6. The summed E-state index contributed by atoms with van der Waals surface area (Å²) in [5, 5.41) is 5.15. The van der Waals surface area contributed by atoms with Crippen molar-refractivity contribution in [2.75, 3.05) is 0 Å². The van der Waals surface area contributed by atoms with Gasteiger partial charge in [-0.15, -0.1) is 0 Å². The monoisotopic (exact) mass is 262 g/mol. The van der Waals surface area contributed by atoms with Crippen LogP contribution in [0.2, 0.25) is 0 Å². The van der Waals surface area contributed by atoms with Crippen LogP contribution in [0.3, 0.4) is 0 Å². The molecule has 0 aromatic rings. The van der Waals surface area contributed by atoms with E-state index < -0.39 is 5.54 Å². The topological polar surface area (TPSA) is 58.2 Å². The molecule has 0 bridgehead atoms. The highest BCUT2D eigenvalue weighted by molar-refractivity contribution is 6.07. The molecule has 4 heteroatoms. The van der Waals surface area contributed by atoms with Gasteiger partial charge in [-0.2, -0.15) is 0 Å². The largest absolute Gasteiger partial charge is 0.323 e. The van der Waals surface area contributed by atoms with Crippen molar-refractivity contribution in [2.45, 2.75) is 45.1 Å². The Labute approximate surface area is 114 Å². The van der Waals surface area contributed by atoms with Crippen molar-refractivity contribution in [2.24, 2.45) is 11.8 Å². The third-order valence-electron chi connectivity index (χ3n) is 4.36. The van der Waals surface area contributed by atoms with E-state index in [1.54, 1.807) is 0 Å². The molecule has 1 saturated heterocycles. The van der Waals surface area contributed by atoms with Crippen molar-refractivity contribution in [3.63, 3.8) is 0 Å². The van der Waals surface area contributed by atoms with Gasteiger partial charge >= 0.3 is 6.03 Å². The number of urea groups is 1. The molecule has 1 unspecified atom stereocenters. The molecule has 2 rings (SSSR count). The fourth-order valence-corrected chi connectivity index (χ4v) is 3.05. The first-order valence-corrected chi connectivity index (χ1v) is 7.00. The number of carbonyl (C=O) groups excluding carboxylic acids is 2. The normalized spacial score (nSPS) is 33.1. The van der Waals surface area contributed by atoms with E-state index in [4.69, 9.17) is 0 Å². The molecule has 1 atom stereocenters. The highest BCUT2D eigenvalue weighted by atomic mass is 16.2. The van der Waals surface area contributed by atoms with E-state index >= 15 is 0 Å². The predicted octanol–water partition coefficient (Wildman–Crippen LogP) is 2.52. The van der Waals surface area contributed by atoms with Gasteiger partial charge in [-0.25, -0.2) is 4.79 Å². The Morgan fingerprint density at radius 2 is 1.95 bits per heavy atom. The molecule has 2 fully saturated rings. The van der Waals surface area contributed by atoms with Crippen LogP contribution in [0.15, 0.2) is 24.3 Å². The second kappa shape index (κ2) is 5.59. The predicted molar refractivity (Wildman–Crippen MR) is 74.5 cm³/mol. The number of nitrogens with one attached hydrogen (secondary N) is 2. The molecule has 0 radical (unpaired) electrons. The van der Waals surface area contributed by atoms with Gasteiger partial charge in [0.2, 0.25) is 0 Å². The zero-order valence-corrected chi connectivity index (χ0v) is 11.6. The number of rotatable bonds is 3. The number of amides is 3. The van der Waals surface area contributed by atoms with Crippen LogP contribution >= 0.6 is 0 Å². The first-order chi connectivity index (χ1) is 9.07. The summed E-state index contributed by atoms with van der Waals surface area (Å²) in [6.07, 6.45) is 11.8. The van der Waals surface area contributed by atoms with Gasteiger partial charge in [0.1, 0.15) is 5.54 Å². The van der Waals surface area contributed by atoms with Crippen molar-refractivity contribution in [1.29, 1.82) is 0 Å². The van der Waals surface area contributed by atoms with Gasteiger partial charge in [-0.05, 0) is 44.4 Å². The lowest BCUT2D eigenvalue weighted by Gasteiger charge is -2.36. The fraction of sp³-hybridized carbons (Fsp3) is 0.600. The molecular weight excluding hydrogens is 240 g/mol. The molecule has 0 aromatic heterocycles. The van der Waals surface area contributed by atoms with Gasteiger partial charge < -0.3 is 5.32 Å². The van der Waals surface area contributed by atoms with Crippen LogP contribution in [0.25, 0.3) is 0 Å². The Hall–Kier alpha value is -1.58. The van der Waals surface area contributed by atoms with Crippen LogP contribution in [0, 0.1) is 11.8 Å². The van der Waals surface area contributed by atoms with Gasteiger partial charge in [0.15, 0.2) is 0 Å². The van der Waals surface area contributed by atoms with Crippen molar-refractivity contribution >= 4 is 11.9 Å². The summed E-state index contributed by atoms with van der Waals surface area (Å²) in [6.45, 7) is 4.22. The minimum Gasteiger partial charge on any atom is -0.323 e. The summed E-state index contributed by atoms with van der Waals surface area (Å²) in [5.74, 6) is 0.958. The fourth-order valence-electron chi connectivity index (χ4n) is 3.05. The van der Waals surface area contributed by atoms with E-state index in [2.05, 4.69) is 29.7 Å². The minimum absolute atomic E-state index is 0.145. The van der Waals surface area contributed by atoms with Crippen LogP contribution < -0.4 is 10.6 Å². The molecular formula is C15H22N2O2. The van der Waals surface area contributed by atoms with Crippen LogP contribution in [-0.2, 0) is 4.79 Å². The van der Waals surface area contributed by atoms with Gasteiger partial charge in [0.25, 0.3) is 5.91 Å². The standard InChI is InChI=1S/C15H22N2O2/c1-3-4-5-6-11(2)12-7-9-15(10-8-12)13(18)16-14(19)17-15/h3-6,11-12H,7-10H2,1-2H3,(H2,16,17,18,19)/b4-3-,6-5-. The first-order valence-electron chi connectivity index (χ1n) is 7.00. The molecule has 4 nitrogen and oxygen atoms in total. The molecule has 1 aliphatic carbocycles. The van der Waals surface area contributed by atoms with Crippen molar-refractivity contribution < 1.29 is 9.59 Å². The number of carbonyl (C=O) groups is 2. The molecule has 3 amide bonds. The van der Waals surface area contributed by atoms with E-state index in [9.17, 15) is 9.59 Å². The van der Waals surface area contributed by atoms with Crippen molar-refractivity contribution in [1.82, 2.24) is 10.6 Å². The quantitative estimate of drug-likeness (QED) is 0.606. The lowest BCUT2D eigenvalue weighted by atomic mass is 9.72. The lowest BCUT2D eigenvalue weighted by Crippen LogP contribution is -2.49. The number of hydrogen-bond acceptors (Lipinski definition) is 2. The van der Waals surface area contributed by atoms with E-state index in [-0.39, 0.29) is 11.9 Å². The van der Waals surface area contributed by atoms with E-state index in [0.717, 1.165) is 25.7 Å². The summed E-state index contributed by atoms with van der Waals surface area (Å²) in [6, 6.07) is -0.343. The summed E-state index contributed by atoms with van der Waals surface area (Å²) in [7, 11) is 0. The Kier molecular flexibility index (Phi) is 4.08. The van der Waals surface area contributed by atoms with E-state index in [1.165, 1.54) is 0 Å². The minimum atomic E-state index is -0.625. The molecule has 2 N–H and O–H groups in total. The lowest BCUT2D eigenvalue weighted by molar-refractivity contribution is -0.125. The van der Waals surface area contributed by atoms with Crippen LogP contribution in [0.4, 0.5) is 4.79 Å². The van der Waals surface area contributed by atoms with Crippen molar-refractivity contribution in [3.05, 3.63) is 24.3 Å². The molecule has 104 valence electrons.